The number of piperidine rings is 1. The number of morpholine rings is 1. The standard InChI is InChI=1S/C28H35ClN2O4/c1-2-25(22-7-4-3-5-8-22)27(33)31-14-6-13-28(20-31,19-26(32)30-15-17-34-18-16-30)21-35-24-11-9-23(29)10-12-24/h3-5,7-12,25H,2,6,13-21H2,1H3/t25-,28-/m1/s1. The minimum atomic E-state index is -0.447. The molecule has 2 aromatic rings. The van der Waals surface area contributed by atoms with Gasteiger partial charge in [0.05, 0.1) is 25.7 Å². The predicted octanol–water partition coefficient (Wildman–Crippen LogP) is 4.77. The van der Waals surface area contributed by atoms with Crippen LogP contribution < -0.4 is 4.74 Å². The summed E-state index contributed by atoms with van der Waals surface area (Å²) in [6.07, 6.45) is 2.77. The summed E-state index contributed by atoms with van der Waals surface area (Å²) in [5.74, 6) is 0.774. The van der Waals surface area contributed by atoms with Crippen LogP contribution in [0.4, 0.5) is 0 Å². The fourth-order valence-corrected chi connectivity index (χ4v) is 5.31. The van der Waals surface area contributed by atoms with Gasteiger partial charge in [-0.15, -0.1) is 0 Å². The van der Waals surface area contributed by atoms with Crippen molar-refractivity contribution in [3.05, 3.63) is 65.2 Å². The lowest BCUT2D eigenvalue weighted by Crippen LogP contribution is -2.52. The van der Waals surface area contributed by atoms with Crippen molar-refractivity contribution in [1.29, 1.82) is 0 Å². The summed E-state index contributed by atoms with van der Waals surface area (Å²) in [6.45, 7) is 6.01. The molecule has 4 rings (SSSR count). The van der Waals surface area contributed by atoms with Gasteiger partial charge in [0.15, 0.2) is 0 Å². The van der Waals surface area contributed by atoms with Gasteiger partial charge in [-0.2, -0.15) is 0 Å². The van der Waals surface area contributed by atoms with Crippen LogP contribution in [0.5, 0.6) is 5.75 Å². The minimum absolute atomic E-state index is 0.109. The van der Waals surface area contributed by atoms with Crippen LogP contribution >= 0.6 is 11.6 Å². The molecule has 6 nitrogen and oxygen atoms in total. The van der Waals surface area contributed by atoms with Crippen LogP contribution in [0.3, 0.4) is 0 Å². The van der Waals surface area contributed by atoms with E-state index in [1.165, 1.54) is 0 Å². The number of benzene rings is 2. The highest BCUT2D eigenvalue weighted by molar-refractivity contribution is 6.30. The Hall–Kier alpha value is -2.57. The Kier molecular flexibility index (Phi) is 8.69. The average molecular weight is 499 g/mol. The summed E-state index contributed by atoms with van der Waals surface area (Å²) in [7, 11) is 0. The van der Waals surface area contributed by atoms with E-state index >= 15 is 0 Å². The van der Waals surface area contributed by atoms with Gasteiger partial charge in [-0.3, -0.25) is 9.59 Å². The summed E-state index contributed by atoms with van der Waals surface area (Å²) in [5, 5.41) is 0.649. The molecule has 0 aromatic heterocycles. The maximum atomic E-state index is 13.7. The zero-order chi connectivity index (χ0) is 24.7. The first-order valence-corrected chi connectivity index (χ1v) is 12.9. The molecule has 2 saturated heterocycles. The van der Waals surface area contributed by atoms with Gasteiger partial charge in [-0.05, 0) is 49.1 Å². The van der Waals surface area contributed by atoms with Crippen LogP contribution in [0, 0.1) is 5.41 Å². The smallest absolute Gasteiger partial charge is 0.230 e. The number of hydrogen-bond donors (Lipinski definition) is 0. The molecule has 0 saturated carbocycles. The summed E-state index contributed by atoms with van der Waals surface area (Å²) < 4.78 is 11.6. The molecule has 2 aromatic carbocycles. The van der Waals surface area contributed by atoms with E-state index < -0.39 is 5.41 Å². The Morgan fingerprint density at radius 2 is 1.74 bits per heavy atom. The summed E-state index contributed by atoms with van der Waals surface area (Å²) in [4.78, 5) is 30.8. The number of rotatable bonds is 8. The first kappa shape index (κ1) is 25.5. The number of amides is 2. The van der Waals surface area contributed by atoms with E-state index in [-0.39, 0.29) is 17.7 Å². The van der Waals surface area contributed by atoms with Gasteiger partial charge < -0.3 is 19.3 Å². The first-order chi connectivity index (χ1) is 17.0. The molecule has 2 heterocycles. The van der Waals surface area contributed by atoms with Crippen molar-refractivity contribution in [2.45, 2.75) is 38.5 Å². The van der Waals surface area contributed by atoms with Crippen molar-refractivity contribution in [2.24, 2.45) is 5.41 Å². The zero-order valence-corrected chi connectivity index (χ0v) is 21.2. The van der Waals surface area contributed by atoms with Crippen LogP contribution in [-0.2, 0) is 14.3 Å². The van der Waals surface area contributed by atoms with Crippen LogP contribution in [0.1, 0.15) is 44.1 Å². The van der Waals surface area contributed by atoms with Crippen molar-refractivity contribution in [1.82, 2.24) is 9.80 Å². The van der Waals surface area contributed by atoms with Gasteiger partial charge in [0.25, 0.3) is 0 Å². The molecule has 0 N–H and O–H groups in total. The number of nitrogens with zero attached hydrogens (tertiary/aromatic N) is 2. The van der Waals surface area contributed by atoms with E-state index in [4.69, 9.17) is 21.1 Å². The molecule has 188 valence electrons. The largest absolute Gasteiger partial charge is 0.493 e. The SMILES string of the molecule is CC[C@@H](C(=O)N1CCC[C@@](COc2ccc(Cl)cc2)(CC(=O)N2CCOCC2)C1)c1ccccc1. The quantitative estimate of drug-likeness (QED) is 0.526. The van der Waals surface area contributed by atoms with E-state index in [2.05, 4.69) is 6.92 Å². The fraction of sp³-hybridized carbons (Fsp3) is 0.500. The maximum absolute atomic E-state index is 13.7. The van der Waals surface area contributed by atoms with Gasteiger partial charge in [0.2, 0.25) is 11.8 Å². The summed E-state index contributed by atoms with van der Waals surface area (Å²) >= 11 is 6.03. The Labute approximate surface area is 213 Å². The molecule has 0 unspecified atom stereocenters. The highest BCUT2D eigenvalue weighted by atomic mass is 35.5. The highest BCUT2D eigenvalue weighted by Crippen LogP contribution is 2.37. The summed E-state index contributed by atoms with van der Waals surface area (Å²) in [5.41, 5.74) is 0.593. The molecule has 35 heavy (non-hydrogen) atoms. The Balaban J connectivity index is 1.53. The van der Waals surface area contributed by atoms with E-state index in [1.54, 1.807) is 12.1 Å². The third kappa shape index (κ3) is 6.56. The molecule has 0 spiro atoms. The molecule has 0 bridgehead atoms. The molecule has 2 aliphatic rings. The zero-order valence-electron chi connectivity index (χ0n) is 20.5. The third-order valence-corrected chi connectivity index (χ3v) is 7.38. The van der Waals surface area contributed by atoms with Crippen LogP contribution in [0.25, 0.3) is 0 Å². The lowest BCUT2D eigenvalue weighted by atomic mass is 9.76. The van der Waals surface area contributed by atoms with E-state index in [0.29, 0.717) is 63.2 Å². The van der Waals surface area contributed by atoms with E-state index in [1.807, 2.05) is 52.3 Å². The van der Waals surface area contributed by atoms with Crippen LogP contribution in [0.2, 0.25) is 5.02 Å². The van der Waals surface area contributed by atoms with Crippen molar-refractivity contribution in [3.8, 4) is 5.75 Å². The predicted molar refractivity (Wildman–Crippen MR) is 137 cm³/mol. The van der Waals surface area contributed by atoms with Crippen molar-refractivity contribution in [3.63, 3.8) is 0 Å². The Morgan fingerprint density at radius 3 is 2.43 bits per heavy atom. The molecule has 2 amide bonds. The molecular weight excluding hydrogens is 464 g/mol. The van der Waals surface area contributed by atoms with Gasteiger partial charge in [-0.25, -0.2) is 0 Å². The second-order valence-electron chi connectivity index (χ2n) is 9.65. The molecule has 0 aliphatic carbocycles. The average Bonchev–Trinajstić information content (AvgIpc) is 2.90. The van der Waals surface area contributed by atoms with Gasteiger partial charge in [-0.1, -0.05) is 48.9 Å². The molecule has 0 radical (unpaired) electrons. The number of likely N-dealkylation sites (tertiary alicyclic amines) is 1. The van der Waals surface area contributed by atoms with E-state index in [9.17, 15) is 9.59 Å². The number of ether oxygens (including phenoxy) is 2. The molecule has 2 aliphatic heterocycles. The number of hydrogen-bond acceptors (Lipinski definition) is 4. The third-order valence-electron chi connectivity index (χ3n) is 7.13. The van der Waals surface area contributed by atoms with Gasteiger partial charge in [0.1, 0.15) is 5.75 Å². The number of carbonyl (C=O) groups excluding carboxylic acids is 2. The van der Waals surface area contributed by atoms with Gasteiger partial charge >= 0.3 is 0 Å². The lowest BCUT2D eigenvalue weighted by molar-refractivity contribution is -0.144. The monoisotopic (exact) mass is 498 g/mol. The van der Waals surface area contributed by atoms with Crippen LogP contribution in [-0.4, -0.2) is 67.6 Å². The number of carbonyl (C=O) groups is 2. The molecule has 2 fully saturated rings. The molecular formula is C28H35ClN2O4. The Morgan fingerprint density at radius 1 is 1.03 bits per heavy atom. The van der Waals surface area contributed by atoms with E-state index in [0.717, 1.165) is 24.8 Å². The normalized spacial score (nSPS) is 21.4. The molecule has 7 heteroatoms. The van der Waals surface area contributed by atoms with Crippen molar-refractivity contribution < 1.29 is 19.1 Å². The minimum Gasteiger partial charge on any atom is -0.493 e. The Bertz CT molecular complexity index is 978. The summed E-state index contributed by atoms with van der Waals surface area (Å²) in [6, 6.07) is 17.2. The topological polar surface area (TPSA) is 59.1 Å². The maximum Gasteiger partial charge on any atom is 0.230 e. The van der Waals surface area contributed by atoms with Gasteiger partial charge in [0, 0.05) is 43.0 Å². The second-order valence-corrected chi connectivity index (χ2v) is 10.1. The fourth-order valence-electron chi connectivity index (χ4n) is 5.18. The lowest BCUT2D eigenvalue weighted by Gasteiger charge is -2.44. The second kappa shape index (κ2) is 11.9. The number of halogens is 1. The van der Waals surface area contributed by atoms with Crippen LogP contribution in [0.15, 0.2) is 54.6 Å². The van der Waals surface area contributed by atoms with Crippen molar-refractivity contribution >= 4 is 23.4 Å². The highest BCUT2D eigenvalue weighted by Gasteiger charge is 2.42. The molecule has 2 atom stereocenters. The van der Waals surface area contributed by atoms with Crippen molar-refractivity contribution in [2.75, 3.05) is 46.0 Å². The first-order valence-electron chi connectivity index (χ1n) is 12.6.